The van der Waals surface area contributed by atoms with Crippen molar-refractivity contribution in [3.05, 3.63) is 70.9 Å². The summed E-state index contributed by atoms with van der Waals surface area (Å²) in [5.74, 6) is 1.02. The third-order valence-electron chi connectivity index (χ3n) is 5.11. The standard InChI is InChI=1S/C22H24N6O2/c1-3-15-11-24-22(25-12-15)26-13-16-10-18-19(27-20(16)30-2)14-28(21(18)29)9-7-17-6-4-5-8-23-17/h4-6,8,10-12H,3,7,9,13-14H2,1-2H3,(H,24,25,26). The number of fused-ring (bicyclic) bond motifs is 1. The fourth-order valence-corrected chi connectivity index (χ4v) is 3.38. The van der Waals surface area contributed by atoms with Crippen LogP contribution in [0.2, 0.25) is 0 Å². The highest BCUT2D eigenvalue weighted by atomic mass is 16.5. The number of hydrogen-bond acceptors (Lipinski definition) is 7. The topological polar surface area (TPSA) is 93.1 Å². The molecule has 0 radical (unpaired) electrons. The molecule has 0 saturated carbocycles. The average molecular weight is 404 g/mol. The predicted octanol–water partition coefficient (Wildman–Crippen LogP) is 2.65. The summed E-state index contributed by atoms with van der Waals surface area (Å²) in [7, 11) is 1.58. The number of amides is 1. The summed E-state index contributed by atoms with van der Waals surface area (Å²) in [6.45, 7) is 3.55. The first-order chi connectivity index (χ1) is 14.7. The molecule has 0 aliphatic carbocycles. The molecule has 0 saturated heterocycles. The SMILES string of the molecule is CCc1cnc(NCc2cc3c(nc2OC)CN(CCc2ccccn2)C3=O)nc1. The number of carbonyl (C=O) groups excluding carboxylic acids is 1. The average Bonchev–Trinajstić information content (AvgIpc) is 3.11. The van der Waals surface area contributed by atoms with Crippen molar-refractivity contribution in [2.75, 3.05) is 19.0 Å². The molecule has 1 amide bonds. The van der Waals surface area contributed by atoms with Crippen molar-refractivity contribution in [2.45, 2.75) is 32.9 Å². The van der Waals surface area contributed by atoms with Gasteiger partial charge in [0.2, 0.25) is 11.8 Å². The third kappa shape index (κ3) is 4.22. The molecule has 0 fully saturated rings. The molecule has 0 spiro atoms. The summed E-state index contributed by atoms with van der Waals surface area (Å²) in [6, 6.07) is 7.66. The minimum absolute atomic E-state index is 0.0131. The lowest BCUT2D eigenvalue weighted by molar-refractivity contribution is 0.0779. The van der Waals surface area contributed by atoms with Gasteiger partial charge in [0.1, 0.15) is 0 Å². The van der Waals surface area contributed by atoms with Crippen LogP contribution in [-0.2, 0) is 25.9 Å². The van der Waals surface area contributed by atoms with Gasteiger partial charge in [-0.05, 0) is 30.2 Å². The van der Waals surface area contributed by atoms with Crippen LogP contribution in [0.4, 0.5) is 5.95 Å². The van der Waals surface area contributed by atoms with E-state index in [4.69, 9.17) is 4.74 Å². The van der Waals surface area contributed by atoms with Crippen molar-refractivity contribution in [1.82, 2.24) is 24.8 Å². The van der Waals surface area contributed by atoms with Crippen molar-refractivity contribution in [3.8, 4) is 5.88 Å². The van der Waals surface area contributed by atoms with E-state index in [0.29, 0.717) is 43.4 Å². The summed E-state index contributed by atoms with van der Waals surface area (Å²) < 4.78 is 5.46. The zero-order chi connectivity index (χ0) is 20.9. The summed E-state index contributed by atoms with van der Waals surface area (Å²) >= 11 is 0. The van der Waals surface area contributed by atoms with Crippen LogP contribution in [0.5, 0.6) is 5.88 Å². The highest BCUT2D eigenvalue weighted by molar-refractivity contribution is 5.98. The second kappa shape index (κ2) is 8.86. The van der Waals surface area contributed by atoms with Gasteiger partial charge in [0.25, 0.3) is 5.91 Å². The Bertz CT molecular complexity index is 1020. The molecule has 3 aromatic heterocycles. The van der Waals surface area contributed by atoms with Crippen molar-refractivity contribution >= 4 is 11.9 Å². The van der Waals surface area contributed by atoms with Gasteiger partial charge < -0.3 is 15.0 Å². The number of aryl methyl sites for hydroxylation is 1. The highest BCUT2D eigenvalue weighted by Gasteiger charge is 2.30. The molecule has 4 rings (SSSR count). The number of anilines is 1. The molecule has 0 aromatic carbocycles. The van der Waals surface area contributed by atoms with E-state index in [1.807, 2.05) is 24.3 Å². The zero-order valence-corrected chi connectivity index (χ0v) is 17.1. The van der Waals surface area contributed by atoms with Crippen LogP contribution in [0, 0.1) is 0 Å². The summed E-state index contributed by atoms with van der Waals surface area (Å²) in [5, 5.41) is 3.18. The second-order valence-corrected chi connectivity index (χ2v) is 7.07. The number of aromatic nitrogens is 4. The Kier molecular flexibility index (Phi) is 5.83. The molecule has 8 nitrogen and oxygen atoms in total. The van der Waals surface area contributed by atoms with Crippen molar-refractivity contribution in [2.24, 2.45) is 0 Å². The van der Waals surface area contributed by atoms with Crippen LogP contribution in [0.3, 0.4) is 0 Å². The lowest BCUT2D eigenvalue weighted by Gasteiger charge is -2.14. The third-order valence-corrected chi connectivity index (χ3v) is 5.11. The van der Waals surface area contributed by atoms with Crippen molar-refractivity contribution in [1.29, 1.82) is 0 Å². The normalized spacial score (nSPS) is 12.7. The van der Waals surface area contributed by atoms with E-state index in [1.54, 1.807) is 30.6 Å². The van der Waals surface area contributed by atoms with Crippen LogP contribution >= 0.6 is 0 Å². The minimum atomic E-state index is -0.0131. The van der Waals surface area contributed by atoms with E-state index < -0.39 is 0 Å². The van der Waals surface area contributed by atoms with Crippen LogP contribution in [0.25, 0.3) is 0 Å². The molecule has 8 heteroatoms. The number of nitrogens with one attached hydrogen (secondary N) is 1. The van der Waals surface area contributed by atoms with E-state index >= 15 is 0 Å². The summed E-state index contributed by atoms with van der Waals surface area (Å²) in [4.78, 5) is 32.2. The molecule has 0 bridgehead atoms. The first-order valence-corrected chi connectivity index (χ1v) is 9.98. The monoisotopic (exact) mass is 404 g/mol. The van der Waals surface area contributed by atoms with Crippen LogP contribution in [0.15, 0.2) is 42.9 Å². The summed E-state index contributed by atoms with van der Waals surface area (Å²) in [5.41, 5.74) is 4.19. The zero-order valence-electron chi connectivity index (χ0n) is 17.1. The number of hydrogen-bond donors (Lipinski definition) is 1. The molecule has 1 N–H and O–H groups in total. The summed E-state index contributed by atoms with van der Waals surface area (Å²) in [6.07, 6.45) is 6.97. The molecule has 154 valence electrons. The smallest absolute Gasteiger partial charge is 0.256 e. The number of carbonyl (C=O) groups is 1. The maximum Gasteiger partial charge on any atom is 0.256 e. The molecule has 30 heavy (non-hydrogen) atoms. The number of nitrogens with zero attached hydrogens (tertiary/aromatic N) is 5. The lowest BCUT2D eigenvalue weighted by atomic mass is 10.1. The Morgan fingerprint density at radius 3 is 2.73 bits per heavy atom. The van der Waals surface area contributed by atoms with E-state index in [-0.39, 0.29) is 5.91 Å². The molecule has 0 atom stereocenters. The molecule has 1 aliphatic rings. The Morgan fingerprint density at radius 1 is 1.20 bits per heavy atom. The Morgan fingerprint density at radius 2 is 2.03 bits per heavy atom. The Labute approximate surface area is 175 Å². The van der Waals surface area contributed by atoms with Gasteiger partial charge in [-0.1, -0.05) is 13.0 Å². The number of rotatable bonds is 8. The van der Waals surface area contributed by atoms with E-state index in [2.05, 4.69) is 32.2 Å². The van der Waals surface area contributed by atoms with E-state index in [1.165, 1.54) is 0 Å². The first-order valence-electron chi connectivity index (χ1n) is 9.98. The second-order valence-electron chi connectivity index (χ2n) is 7.07. The maximum absolute atomic E-state index is 12.9. The van der Waals surface area contributed by atoms with Gasteiger partial charge in [0.05, 0.1) is 24.9 Å². The van der Waals surface area contributed by atoms with E-state index in [9.17, 15) is 4.79 Å². The predicted molar refractivity (Wildman–Crippen MR) is 112 cm³/mol. The molecule has 4 heterocycles. The molecule has 1 aliphatic heterocycles. The van der Waals surface area contributed by atoms with Crippen LogP contribution in [0.1, 0.15) is 39.8 Å². The fraction of sp³-hybridized carbons (Fsp3) is 0.318. The van der Waals surface area contributed by atoms with Gasteiger partial charge in [0, 0.05) is 49.4 Å². The molecule has 0 unspecified atom stereocenters. The largest absolute Gasteiger partial charge is 0.481 e. The quantitative estimate of drug-likeness (QED) is 0.617. The maximum atomic E-state index is 12.9. The highest BCUT2D eigenvalue weighted by Crippen LogP contribution is 2.27. The Hall–Kier alpha value is -3.55. The van der Waals surface area contributed by atoms with Gasteiger partial charge in [-0.3, -0.25) is 9.78 Å². The van der Waals surface area contributed by atoms with Gasteiger partial charge in [-0.2, -0.15) is 0 Å². The molecular weight excluding hydrogens is 380 g/mol. The van der Waals surface area contributed by atoms with Gasteiger partial charge >= 0.3 is 0 Å². The van der Waals surface area contributed by atoms with Crippen molar-refractivity contribution in [3.63, 3.8) is 0 Å². The van der Waals surface area contributed by atoms with Crippen LogP contribution < -0.4 is 10.1 Å². The van der Waals surface area contributed by atoms with Crippen molar-refractivity contribution < 1.29 is 9.53 Å². The van der Waals surface area contributed by atoms with Gasteiger partial charge in [-0.25, -0.2) is 15.0 Å². The number of pyridine rings is 2. The van der Waals surface area contributed by atoms with E-state index in [0.717, 1.165) is 28.9 Å². The number of ether oxygens (including phenoxy) is 1. The van der Waals surface area contributed by atoms with Gasteiger partial charge in [0.15, 0.2) is 0 Å². The lowest BCUT2D eigenvalue weighted by Crippen LogP contribution is -2.26. The molecular formula is C22H24N6O2. The molecule has 3 aromatic rings. The fourth-order valence-electron chi connectivity index (χ4n) is 3.38. The van der Waals surface area contributed by atoms with Gasteiger partial charge in [-0.15, -0.1) is 0 Å². The Balaban J connectivity index is 1.46. The minimum Gasteiger partial charge on any atom is -0.481 e. The van der Waals surface area contributed by atoms with Crippen LogP contribution in [-0.4, -0.2) is 44.4 Å². The number of methoxy groups -OCH3 is 1. The first kappa shape index (κ1) is 19.8.